The zero-order valence-electron chi connectivity index (χ0n) is 16.1. The first kappa shape index (κ1) is 20.8. The molecule has 3 rings (SSSR count). The van der Waals surface area contributed by atoms with E-state index in [0.29, 0.717) is 5.76 Å². The fraction of sp³-hybridized carbons (Fsp3) is 0.400. The predicted molar refractivity (Wildman–Crippen MR) is 103 cm³/mol. The molecule has 152 valence electrons. The molecule has 1 fully saturated rings. The summed E-state index contributed by atoms with van der Waals surface area (Å²) in [6, 6.07) is 10.9. The lowest BCUT2D eigenvalue weighted by molar-refractivity contribution is -0.171. The predicted octanol–water partition coefficient (Wildman–Crippen LogP) is 2.98. The van der Waals surface area contributed by atoms with Crippen LogP contribution in [-0.2, 0) is 19.3 Å². The Bertz CT molecular complexity index is 890. The van der Waals surface area contributed by atoms with E-state index in [9.17, 15) is 13.6 Å². The molecule has 0 bridgehead atoms. The number of furan rings is 1. The number of likely N-dealkylation sites (N-methyl/N-ethyl adjacent to an activating group) is 1. The van der Waals surface area contributed by atoms with Gasteiger partial charge in [0.05, 0.1) is 23.0 Å². The van der Waals surface area contributed by atoms with Gasteiger partial charge in [0.25, 0.3) is 0 Å². The fourth-order valence-corrected chi connectivity index (χ4v) is 4.82. The van der Waals surface area contributed by atoms with Crippen molar-refractivity contribution in [3.63, 3.8) is 0 Å². The Morgan fingerprint density at radius 3 is 2.50 bits per heavy atom. The minimum absolute atomic E-state index is 0.197. The maximum Gasteiger partial charge on any atom is 0.180 e. The van der Waals surface area contributed by atoms with Crippen LogP contribution in [0.4, 0.5) is 0 Å². The van der Waals surface area contributed by atoms with Gasteiger partial charge in [-0.25, -0.2) is 8.42 Å². The topological polar surface area (TPSA) is 89.2 Å². The van der Waals surface area contributed by atoms with Crippen LogP contribution in [0.5, 0.6) is 0 Å². The van der Waals surface area contributed by atoms with Gasteiger partial charge in [0.2, 0.25) is 0 Å². The highest BCUT2D eigenvalue weighted by Crippen LogP contribution is 2.33. The van der Waals surface area contributed by atoms with Crippen molar-refractivity contribution in [2.24, 2.45) is 0 Å². The zero-order chi connectivity index (χ0) is 20.4. The Morgan fingerprint density at radius 1 is 1.18 bits per heavy atom. The van der Waals surface area contributed by atoms with Gasteiger partial charge in [-0.1, -0.05) is 18.2 Å². The first-order valence-corrected chi connectivity index (χ1v) is 10.6. The quantitative estimate of drug-likeness (QED) is 0.706. The largest absolute Gasteiger partial charge is 0.465 e. The van der Waals surface area contributed by atoms with Crippen molar-refractivity contribution in [3.05, 3.63) is 60.6 Å². The number of nitrogens with zero attached hydrogens (tertiary/aromatic N) is 1. The van der Waals surface area contributed by atoms with Crippen molar-refractivity contribution in [2.45, 2.75) is 42.8 Å². The molecule has 8 heteroatoms. The van der Waals surface area contributed by atoms with Crippen LogP contribution in [0.25, 0.3) is 6.08 Å². The summed E-state index contributed by atoms with van der Waals surface area (Å²) in [5.74, 6) is -0.606. The minimum atomic E-state index is -3.64. The monoisotopic (exact) mass is 407 g/mol. The van der Waals surface area contributed by atoms with E-state index < -0.39 is 33.9 Å². The van der Waals surface area contributed by atoms with E-state index in [4.69, 9.17) is 13.9 Å². The molecule has 0 unspecified atom stereocenters. The van der Waals surface area contributed by atoms with Crippen LogP contribution in [0.2, 0.25) is 0 Å². The number of hydrogen-bond donors (Lipinski definition) is 1. The molecule has 2 heterocycles. The number of hydrogen-bond acceptors (Lipinski definition) is 7. The zero-order valence-corrected chi connectivity index (χ0v) is 16.9. The summed E-state index contributed by atoms with van der Waals surface area (Å²) in [7, 11) is -2.23. The first-order valence-electron chi connectivity index (χ1n) is 8.95. The van der Waals surface area contributed by atoms with Crippen molar-refractivity contribution < 1.29 is 27.5 Å². The highest BCUT2D eigenvalue weighted by Gasteiger charge is 2.46. The summed E-state index contributed by atoms with van der Waals surface area (Å²) in [4.78, 5) is 0.197. The fourth-order valence-electron chi connectivity index (χ4n) is 3.20. The van der Waals surface area contributed by atoms with E-state index in [1.165, 1.54) is 19.2 Å². The number of benzene rings is 1. The maximum atomic E-state index is 12.8. The van der Waals surface area contributed by atoms with Gasteiger partial charge >= 0.3 is 0 Å². The third kappa shape index (κ3) is 4.89. The number of rotatable bonds is 7. The van der Waals surface area contributed by atoms with Crippen molar-refractivity contribution in [1.82, 2.24) is 5.06 Å². The summed E-state index contributed by atoms with van der Waals surface area (Å²) in [5, 5.41) is 11.1. The highest BCUT2D eigenvalue weighted by atomic mass is 32.2. The van der Waals surface area contributed by atoms with Gasteiger partial charge in [-0.15, -0.1) is 0 Å². The Hall–Kier alpha value is -1.97. The molecule has 1 N–H and O–H groups in total. The average Bonchev–Trinajstić information content (AvgIpc) is 3.25. The Kier molecular flexibility index (Phi) is 6.07. The molecule has 0 saturated carbocycles. The number of ether oxygens (including phenoxy) is 2. The minimum Gasteiger partial charge on any atom is -0.465 e. The SMILES string of the molecule is CN(O)[C@@H](CS(=O)(=O)c1ccccc1)[C@H]1OC(C)(C)O[C@H]1/C=C/c1ccco1. The summed E-state index contributed by atoms with van der Waals surface area (Å²) in [6.45, 7) is 3.50. The standard InChI is InChI=1S/C20H25NO6S/c1-20(2)26-18(12-11-15-8-7-13-25-15)19(27-20)17(21(3)22)14-28(23,24)16-9-5-4-6-10-16/h4-13,17-19,22H,14H2,1-3H3/b12-11+/t17-,18-,19+/m0/s1. The Morgan fingerprint density at radius 2 is 1.89 bits per heavy atom. The molecule has 1 aromatic carbocycles. The molecule has 1 aromatic heterocycles. The molecule has 0 aliphatic carbocycles. The van der Waals surface area contributed by atoms with Crippen molar-refractivity contribution >= 4 is 15.9 Å². The van der Waals surface area contributed by atoms with Crippen LogP contribution in [0.1, 0.15) is 19.6 Å². The lowest BCUT2D eigenvalue weighted by Crippen LogP contribution is -2.48. The summed E-state index contributed by atoms with van der Waals surface area (Å²) < 4.78 is 42.9. The van der Waals surface area contributed by atoms with E-state index in [0.717, 1.165) is 5.06 Å². The number of sulfone groups is 1. The second kappa shape index (κ2) is 8.18. The van der Waals surface area contributed by atoms with E-state index >= 15 is 0 Å². The van der Waals surface area contributed by atoms with Gasteiger partial charge in [-0.3, -0.25) is 0 Å². The number of hydroxylamine groups is 2. The van der Waals surface area contributed by atoms with Crippen LogP contribution in [0.3, 0.4) is 0 Å². The molecular formula is C20H25NO6S. The molecule has 0 amide bonds. The Balaban J connectivity index is 1.86. The van der Waals surface area contributed by atoms with E-state index in [1.54, 1.807) is 62.6 Å². The van der Waals surface area contributed by atoms with Crippen molar-refractivity contribution in [2.75, 3.05) is 12.8 Å². The van der Waals surface area contributed by atoms with Crippen LogP contribution >= 0.6 is 0 Å². The van der Waals surface area contributed by atoms with Crippen molar-refractivity contribution in [3.8, 4) is 0 Å². The van der Waals surface area contributed by atoms with Gasteiger partial charge in [0, 0.05) is 7.05 Å². The second-order valence-electron chi connectivity index (χ2n) is 7.17. The summed E-state index contributed by atoms with van der Waals surface area (Å²) in [6.07, 6.45) is 3.79. The van der Waals surface area contributed by atoms with E-state index in [2.05, 4.69) is 0 Å². The lowest BCUT2D eigenvalue weighted by atomic mass is 10.1. The van der Waals surface area contributed by atoms with Gasteiger partial charge in [0.1, 0.15) is 18.0 Å². The third-order valence-corrected chi connectivity index (χ3v) is 6.28. The normalized spacial score (nSPS) is 23.5. The third-order valence-electron chi connectivity index (χ3n) is 4.51. The molecule has 28 heavy (non-hydrogen) atoms. The maximum absolute atomic E-state index is 12.8. The average molecular weight is 407 g/mol. The van der Waals surface area contributed by atoms with E-state index in [1.807, 2.05) is 0 Å². The summed E-state index contributed by atoms with van der Waals surface area (Å²) >= 11 is 0. The van der Waals surface area contributed by atoms with Crippen LogP contribution < -0.4 is 0 Å². The molecule has 7 nitrogen and oxygen atoms in total. The smallest absolute Gasteiger partial charge is 0.180 e. The van der Waals surface area contributed by atoms with Gasteiger partial charge in [0.15, 0.2) is 15.6 Å². The molecule has 1 aliphatic rings. The molecular weight excluding hydrogens is 382 g/mol. The molecule has 0 radical (unpaired) electrons. The first-order chi connectivity index (χ1) is 13.2. The van der Waals surface area contributed by atoms with Crippen LogP contribution in [0.15, 0.2) is 64.1 Å². The molecule has 2 aromatic rings. The molecule has 1 saturated heterocycles. The van der Waals surface area contributed by atoms with Crippen LogP contribution in [0, 0.1) is 0 Å². The van der Waals surface area contributed by atoms with Gasteiger partial charge in [-0.2, -0.15) is 5.06 Å². The van der Waals surface area contributed by atoms with Gasteiger partial charge < -0.3 is 19.1 Å². The lowest BCUT2D eigenvalue weighted by Gasteiger charge is -2.29. The molecule has 1 aliphatic heterocycles. The highest BCUT2D eigenvalue weighted by molar-refractivity contribution is 7.91. The summed E-state index contributed by atoms with van der Waals surface area (Å²) in [5.41, 5.74) is 0. The van der Waals surface area contributed by atoms with E-state index in [-0.39, 0.29) is 10.6 Å². The Labute approximate surface area is 165 Å². The van der Waals surface area contributed by atoms with Crippen LogP contribution in [-0.4, -0.2) is 55.5 Å². The second-order valence-corrected chi connectivity index (χ2v) is 9.21. The van der Waals surface area contributed by atoms with Crippen molar-refractivity contribution in [1.29, 1.82) is 0 Å². The van der Waals surface area contributed by atoms with Gasteiger partial charge in [-0.05, 0) is 50.3 Å². The molecule has 0 spiro atoms. The molecule has 3 atom stereocenters.